The smallest absolute Gasteiger partial charge is 0.270 e. The molecule has 0 bridgehead atoms. The standard InChI is InChI=1S/C20H21N3O3S/c1-5-26-16-8-6-15(7-9-16)23-19(25)17(18(24)21-20(23)27)11-14-10-12(2)22(4)13(14)3/h6-11H,5H2,1-4H3,(H,21,24,27)/b17-11+. The third-order valence-electron chi connectivity index (χ3n) is 4.62. The van der Waals surface area contributed by atoms with E-state index in [4.69, 9.17) is 17.0 Å². The Balaban J connectivity index is 1.98. The molecule has 1 aromatic heterocycles. The topological polar surface area (TPSA) is 63.6 Å². The number of nitrogens with zero attached hydrogens (tertiary/aromatic N) is 2. The molecule has 2 aromatic rings. The van der Waals surface area contributed by atoms with Gasteiger partial charge in [-0.2, -0.15) is 0 Å². The summed E-state index contributed by atoms with van der Waals surface area (Å²) in [6.07, 6.45) is 1.61. The highest BCUT2D eigenvalue weighted by molar-refractivity contribution is 7.80. The summed E-state index contributed by atoms with van der Waals surface area (Å²) in [5.41, 5.74) is 3.46. The number of ether oxygens (including phenoxy) is 1. The quantitative estimate of drug-likeness (QED) is 0.501. The van der Waals surface area contributed by atoms with E-state index in [0.29, 0.717) is 18.0 Å². The van der Waals surface area contributed by atoms with Crippen LogP contribution in [0.25, 0.3) is 6.08 Å². The van der Waals surface area contributed by atoms with Gasteiger partial charge >= 0.3 is 0 Å². The number of thiocarbonyl (C=S) groups is 1. The number of amides is 2. The Kier molecular flexibility index (Phi) is 5.14. The highest BCUT2D eigenvalue weighted by Gasteiger charge is 2.34. The van der Waals surface area contributed by atoms with Crippen molar-refractivity contribution in [2.75, 3.05) is 11.5 Å². The maximum atomic E-state index is 13.0. The van der Waals surface area contributed by atoms with Gasteiger partial charge in [-0.1, -0.05) is 0 Å². The lowest BCUT2D eigenvalue weighted by molar-refractivity contribution is -0.122. The molecule has 0 atom stereocenters. The first-order valence-corrected chi connectivity index (χ1v) is 9.01. The lowest BCUT2D eigenvalue weighted by Crippen LogP contribution is -2.54. The zero-order chi connectivity index (χ0) is 19.7. The van der Waals surface area contributed by atoms with Crippen molar-refractivity contribution in [2.24, 2.45) is 7.05 Å². The number of benzene rings is 1. The van der Waals surface area contributed by atoms with Crippen LogP contribution in [0.2, 0.25) is 0 Å². The van der Waals surface area contributed by atoms with Crippen molar-refractivity contribution in [2.45, 2.75) is 20.8 Å². The van der Waals surface area contributed by atoms with Crippen LogP contribution in [0.3, 0.4) is 0 Å². The van der Waals surface area contributed by atoms with Crippen LogP contribution in [0.4, 0.5) is 5.69 Å². The highest BCUT2D eigenvalue weighted by atomic mass is 32.1. The van der Waals surface area contributed by atoms with Gasteiger partial charge in [-0.15, -0.1) is 0 Å². The fourth-order valence-corrected chi connectivity index (χ4v) is 3.22. The number of anilines is 1. The molecule has 1 aliphatic heterocycles. The normalized spacial score (nSPS) is 16.1. The van der Waals surface area contributed by atoms with Crippen LogP contribution in [0, 0.1) is 13.8 Å². The molecule has 2 heterocycles. The van der Waals surface area contributed by atoms with Crippen LogP contribution in [-0.2, 0) is 16.6 Å². The molecule has 1 aliphatic rings. The second-order valence-corrected chi connectivity index (χ2v) is 6.66. The van der Waals surface area contributed by atoms with E-state index in [0.717, 1.165) is 17.0 Å². The predicted octanol–water partition coefficient (Wildman–Crippen LogP) is 2.87. The minimum Gasteiger partial charge on any atom is -0.494 e. The van der Waals surface area contributed by atoms with Gasteiger partial charge < -0.3 is 9.30 Å². The number of rotatable bonds is 4. The van der Waals surface area contributed by atoms with E-state index in [9.17, 15) is 9.59 Å². The molecule has 0 unspecified atom stereocenters. The number of aromatic nitrogens is 1. The van der Waals surface area contributed by atoms with Crippen LogP contribution < -0.4 is 15.0 Å². The Morgan fingerprint density at radius 3 is 2.41 bits per heavy atom. The monoisotopic (exact) mass is 383 g/mol. The number of carbonyl (C=O) groups excluding carboxylic acids is 2. The Morgan fingerprint density at radius 2 is 1.85 bits per heavy atom. The summed E-state index contributed by atoms with van der Waals surface area (Å²) in [5.74, 6) is -0.242. The SMILES string of the molecule is CCOc1ccc(N2C(=O)/C(=C/c3cc(C)n(C)c3C)C(=O)NC2=S)cc1. The summed E-state index contributed by atoms with van der Waals surface area (Å²) in [7, 11) is 1.94. The fraction of sp³-hybridized carbons (Fsp3) is 0.250. The summed E-state index contributed by atoms with van der Waals surface area (Å²) in [4.78, 5) is 26.8. The molecular weight excluding hydrogens is 362 g/mol. The van der Waals surface area contributed by atoms with Gasteiger partial charge in [0.1, 0.15) is 11.3 Å². The molecule has 3 rings (SSSR count). The lowest BCUT2D eigenvalue weighted by Gasteiger charge is -2.29. The molecule has 27 heavy (non-hydrogen) atoms. The largest absolute Gasteiger partial charge is 0.494 e. The van der Waals surface area contributed by atoms with Gasteiger partial charge in [0, 0.05) is 18.4 Å². The molecule has 0 saturated carbocycles. The van der Waals surface area contributed by atoms with Gasteiger partial charge in [0.25, 0.3) is 11.8 Å². The van der Waals surface area contributed by atoms with Crippen LogP contribution >= 0.6 is 12.2 Å². The number of nitrogens with one attached hydrogen (secondary N) is 1. The van der Waals surface area contributed by atoms with E-state index in [2.05, 4.69) is 5.32 Å². The summed E-state index contributed by atoms with van der Waals surface area (Å²) in [6, 6.07) is 8.94. The summed E-state index contributed by atoms with van der Waals surface area (Å²) in [5, 5.41) is 2.66. The maximum Gasteiger partial charge on any atom is 0.270 e. The first-order valence-electron chi connectivity index (χ1n) is 8.60. The van der Waals surface area contributed by atoms with Crippen molar-refractivity contribution in [3.63, 3.8) is 0 Å². The van der Waals surface area contributed by atoms with E-state index >= 15 is 0 Å². The number of carbonyl (C=O) groups is 2. The van der Waals surface area contributed by atoms with Gasteiger partial charge in [0.05, 0.1) is 12.3 Å². The van der Waals surface area contributed by atoms with Crippen LogP contribution in [0.1, 0.15) is 23.9 Å². The Labute approximate surface area is 163 Å². The minimum absolute atomic E-state index is 0.0474. The van der Waals surface area contributed by atoms with Crippen molar-refractivity contribution < 1.29 is 14.3 Å². The van der Waals surface area contributed by atoms with Crippen molar-refractivity contribution in [1.82, 2.24) is 9.88 Å². The lowest BCUT2D eigenvalue weighted by atomic mass is 10.1. The summed E-state index contributed by atoms with van der Waals surface area (Å²) < 4.78 is 7.43. The van der Waals surface area contributed by atoms with Gasteiger partial charge in [-0.05, 0) is 75.0 Å². The molecule has 1 saturated heterocycles. The predicted molar refractivity (Wildman–Crippen MR) is 109 cm³/mol. The van der Waals surface area contributed by atoms with Gasteiger partial charge in [0.15, 0.2) is 5.11 Å². The third-order valence-corrected chi connectivity index (χ3v) is 4.91. The molecule has 1 fully saturated rings. The summed E-state index contributed by atoms with van der Waals surface area (Å²) >= 11 is 5.23. The maximum absolute atomic E-state index is 13.0. The molecule has 1 aromatic carbocycles. The molecule has 0 spiro atoms. The first kappa shape index (κ1) is 18.8. The van der Waals surface area contributed by atoms with Crippen LogP contribution in [0.15, 0.2) is 35.9 Å². The average molecular weight is 383 g/mol. The zero-order valence-electron chi connectivity index (χ0n) is 15.7. The van der Waals surface area contributed by atoms with Crippen molar-refractivity contribution >= 4 is 40.9 Å². The molecule has 6 nitrogen and oxygen atoms in total. The molecule has 0 radical (unpaired) electrons. The summed E-state index contributed by atoms with van der Waals surface area (Å²) in [6.45, 7) is 6.37. The fourth-order valence-electron chi connectivity index (χ4n) is 2.94. The minimum atomic E-state index is -0.493. The van der Waals surface area contributed by atoms with Crippen molar-refractivity contribution in [3.05, 3.63) is 52.9 Å². The number of hydrogen-bond donors (Lipinski definition) is 1. The van der Waals surface area contributed by atoms with Crippen LogP contribution in [-0.4, -0.2) is 28.1 Å². The zero-order valence-corrected chi connectivity index (χ0v) is 16.5. The van der Waals surface area contributed by atoms with E-state index < -0.39 is 11.8 Å². The van der Waals surface area contributed by atoms with Crippen molar-refractivity contribution in [1.29, 1.82) is 0 Å². The Morgan fingerprint density at radius 1 is 1.19 bits per heavy atom. The van der Waals surface area contributed by atoms with Crippen LogP contribution in [0.5, 0.6) is 5.75 Å². The molecule has 1 N–H and O–H groups in total. The molecule has 2 amide bonds. The second-order valence-electron chi connectivity index (χ2n) is 6.27. The van der Waals surface area contributed by atoms with E-state index in [1.54, 1.807) is 30.3 Å². The van der Waals surface area contributed by atoms with E-state index in [1.165, 1.54) is 4.90 Å². The Hall–Kier alpha value is -2.93. The number of hydrogen-bond acceptors (Lipinski definition) is 4. The molecular formula is C20H21N3O3S. The third kappa shape index (κ3) is 3.50. The van der Waals surface area contributed by atoms with E-state index in [-0.39, 0.29) is 10.7 Å². The average Bonchev–Trinajstić information content (AvgIpc) is 2.87. The van der Waals surface area contributed by atoms with Gasteiger partial charge in [-0.25, -0.2) is 0 Å². The number of aryl methyl sites for hydroxylation is 1. The Bertz CT molecular complexity index is 958. The van der Waals surface area contributed by atoms with Crippen molar-refractivity contribution in [3.8, 4) is 5.75 Å². The molecule has 7 heteroatoms. The highest BCUT2D eigenvalue weighted by Crippen LogP contribution is 2.25. The second kappa shape index (κ2) is 7.36. The molecule has 140 valence electrons. The molecule has 0 aliphatic carbocycles. The first-order chi connectivity index (χ1) is 12.8. The van der Waals surface area contributed by atoms with E-state index in [1.807, 2.05) is 38.5 Å². The van der Waals surface area contributed by atoms with Gasteiger partial charge in [-0.3, -0.25) is 19.8 Å². The van der Waals surface area contributed by atoms with Gasteiger partial charge in [0.2, 0.25) is 0 Å².